The zero-order valence-electron chi connectivity index (χ0n) is 18.7. The quantitative estimate of drug-likeness (QED) is 0.142. The van der Waals surface area contributed by atoms with Crippen LogP contribution in [-0.4, -0.2) is 23.1 Å². The third-order valence-corrected chi connectivity index (χ3v) is 7.63. The molecule has 35 heavy (non-hydrogen) atoms. The van der Waals surface area contributed by atoms with Crippen molar-refractivity contribution in [3.05, 3.63) is 71.8 Å². The van der Waals surface area contributed by atoms with E-state index in [-0.39, 0.29) is 5.69 Å². The molecule has 0 aliphatic heterocycles. The van der Waals surface area contributed by atoms with Gasteiger partial charge in [-0.25, -0.2) is 4.98 Å². The summed E-state index contributed by atoms with van der Waals surface area (Å²) < 4.78 is 35.2. The van der Waals surface area contributed by atoms with E-state index in [0.717, 1.165) is 16.7 Å². The monoisotopic (exact) mass is 504 g/mol. The maximum absolute atomic E-state index is 12.3. The molecule has 5 aromatic rings. The topological polar surface area (TPSA) is 138 Å². The number of rotatable bonds is 4. The summed E-state index contributed by atoms with van der Waals surface area (Å²) in [6.07, 6.45) is 0. The number of aromatic hydroxyl groups is 1. The summed E-state index contributed by atoms with van der Waals surface area (Å²) in [7, 11) is -4.73. The number of benzene rings is 4. The molecule has 0 aliphatic rings. The van der Waals surface area contributed by atoms with Crippen LogP contribution in [0.15, 0.2) is 75.8 Å². The molecule has 1 aromatic heterocycles. The van der Waals surface area contributed by atoms with Gasteiger partial charge in [0.15, 0.2) is 5.75 Å². The van der Waals surface area contributed by atoms with Crippen LogP contribution in [0.2, 0.25) is 0 Å². The normalized spacial score (nSPS) is 12.2. The number of hydrogen-bond acceptors (Lipinski definition) is 8. The van der Waals surface area contributed by atoms with Crippen molar-refractivity contribution in [2.24, 2.45) is 10.2 Å². The predicted molar refractivity (Wildman–Crippen MR) is 139 cm³/mol. The van der Waals surface area contributed by atoms with Crippen LogP contribution in [0, 0.1) is 13.8 Å². The van der Waals surface area contributed by atoms with E-state index < -0.39 is 20.8 Å². The fraction of sp³-hybridized carbons (Fsp3) is 0.0800. The lowest BCUT2D eigenvalue weighted by atomic mass is 10.1. The van der Waals surface area contributed by atoms with Crippen LogP contribution in [0.4, 0.5) is 17.1 Å². The molecular formula is C25H20N4O4S2. The maximum atomic E-state index is 12.3. The predicted octanol–water partition coefficient (Wildman–Crippen LogP) is 6.68. The van der Waals surface area contributed by atoms with E-state index in [2.05, 4.69) is 15.2 Å². The third kappa shape index (κ3) is 4.23. The van der Waals surface area contributed by atoms with Crippen molar-refractivity contribution in [2.45, 2.75) is 18.7 Å². The number of anilines is 1. The van der Waals surface area contributed by atoms with Crippen molar-refractivity contribution in [3.8, 4) is 16.3 Å². The molecule has 0 radical (unpaired) electrons. The van der Waals surface area contributed by atoms with Gasteiger partial charge >= 0.3 is 0 Å². The van der Waals surface area contributed by atoms with Crippen LogP contribution in [0.3, 0.4) is 0 Å². The molecule has 4 N–H and O–H groups in total. The molecule has 1 heterocycles. The summed E-state index contributed by atoms with van der Waals surface area (Å²) in [5.41, 5.74) is 9.99. The van der Waals surface area contributed by atoms with Crippen molar-refractivity contribution in [2.75, 3.05) is 5.73 Å². The van der Waals surface area contributed by atoms with Gasteiger partial charge in [0.1, 0.15) is 15.6 Å². The van der Waals surface area contributed by atoms with E-state index >= 15 is 0 Å². The van der Waals surface area contributed by atoms with Crippen LogP contribution in [-0.2, 0) is 10.1 Å². The first kappa shape index (κ1) is 22.9. The van der Waals surface area contributed by atoms with Gasteiger partial charge in [-0.05, 0) is 55.8 Å². The largest absolute Gasteiger partial charge is 0.505 e. The number of aryl methyl sites for hydroxylation is 2. The van der Waals surface area contributed by atoms with Crippen LogP contribution in [0.1, 0.15) is 11.1 Å². The molecule has 0 saturated carbocycles. The second-order valence-corrected chi connectivity index (χ2v) is 10.6. The van der Waals surface area contributed by atoms with Crippen LogP contribution < -0.4 is 5.73 Å². The minimum Gasteiger partial charge on any atom is -0.505 e. The van der Waals surface area contributed by atoms with Crippen molar-refractivity contribution in [1.82, 2.24) is 4.98 Å². The molecule has 10 heteroatoms. The lowest BCUT2D eigenvalue weighted by Crippen LogP contribution is -1.99. The minimum absolute atomic E-state index is 0.333. The number of nitrogen functional groups attached to an aromatic ring is 1. The smallest absolute Gasteiger partial charge is 0.296 e. The molecule has 176 valence electrons. The molecule has 0 unspecified atom stereocenters. The Morgan fingerprint density at radius 2 is 1.77 bits per heavy atom. The van der Waals surface area contributed by atoms with Crippen LogP contribution >= 0.6 is 11.3 Å². The molecule has 0 amide bonds. The van der Waals surface area contributed by atoms with Gasteiger partial charge in [-0.15, -0.1) is 16.5 Å². The lowest BCUT2D eigenvalue weighted by molar-refractivity contribution is 0.472. The fourth-order valence-electron chi connectivity index (χ4n) is 3.92. The molecule has 5 rings (SSSR count). The van der Waals surface area contributed by atoms with Gasteiger partial charge in [-0.3, -0.25) is 4.55 Å². The summed E-state index contributed by atoms with van der Waals surface area (Å²) in [6, 6.07) is 17.5. The molecule has 4 aromatic carbocycles. The van der Waals surface area contributed by atoms with E-state index in [9.17, 15) is 18.1 Å². The summed E-state index contributed by atoms with van der Waals surface area (Å²) in [4.78, 5) is 4.10. The molecule has 8 nitrogen and oxygen atoms in total. The minimum atomic E-state index is -4.73. The molecule has 0 bridgehead atoms. The standard InChI is InChI=1S/C25H20N4O4S2/c1-13-6-8-19(14(2)10-13)28-29-22-21(35(31,32)33)12-18-17(23(22)30)7-9-20-24(18)34-25(27-20)15-4-3-5-16(26)11-15/h3-12,30H,26H2,1-2H3,(H,31,32,33). The number of phenols is 1. The number of nitrogens with zero attached hydrogens (tertiary/aromatic N) is 3. The highest BCUT2D eigenvalue weighted by Gasteiger charge is 2.24. The molecular weight excluding hydrogens is 484 g/mol. The Morgan fingerprint density at radius 3 is 2.49 bits per heavy atom. The number of hydrogen-bond donors (Lipinski definition) is 3. The van der Waals surface area contributed by atoms with E-state index in [0.29, 0.717) is 37.4 Å². The number of phenolic OH excluding ortho intramolecular Hbond substituents is 1. The number of thiazole rings is 1. The van der Waals surface area contributed by atoms with Crippen molar-refractivity contribution in [1.29, 1.82) is 0 Å². The lowest BCUT2D eigenvalue weighted by Gasteiger charge is -2.09. The third-order valence-electron chi connectivity index (χ3n) is 5.61. The van der Waals surface area contributed by atoms with Gasteiger partial charge in [-0.1, -0.05) is 29.8 Å². The van der Waals surface area contributed by atoms with E-state index in [4.69, 9.17) is 5.73 Å². The SMILES string of the molecule is Cc1ccc(N=Nc2c(S(=O)(=O)O)cc3c(ccc4nc(-c5cccc(N)c5)sc43)c2O)c(C)c1. The molecule has 0 saturated heterocycles. The zero-order valence-corrected chi connectivity index (χ0v) is 20.4. The fourth-order valence-corrected chi connectivity index (χ4v) is 5.64. The van der Waals surface area contributed by atoms with Gasteiger partial charge < -0.3 is 10.8 Å². The van der Waals surface area contributed by atoms with E-state index in [1.54, 1.807) is 30.3 Å². The van der Waals surface area contributed by atoms with Gasteiger partial charge in [0.05, 0.1) is 15.9 Å². The Balaban J connectivity index is 1.74. The number of nitrogens with two attached hydrogens (primary N) is 1. The molecule has 0 atom stereocenters. The average Bonchev–Trinajstić information content (AvgIpc) is 3.23. The Hall–Kier alpha value is -3.86. The van der Waals surface area contributed by atoms with Crippen LogP contribution in [0.5, 0.6) is 5.75 Å². The maximum Gasteiger partial charge on any atom is 0.296 e. The Morgan fingerprint density at radius 1 is 0.971 bits per heavy atom. The first-order valence-electron chi connectivity index (χ1n) is 10.5. The van der Waals surface area contributed by atoms with Gasteiger partial charge in [0, 0.05) is 22.0 Å². The number of aromatic nitrogens is 1. The van der Waals surface area contributed by atoms with E-state index in [1.165, 1.54) is 17.4 Å². The molecule has 0 aliphatic carbocycles. The Kier molecular flexibility index (Phi) is 5.51. The summed E-state index contributed by atoms with van der Waals surface area (Å²) in [5.74, 6) is -0.399. The second kappa shape index (κ2) is 8.42. The average molecular weight is 505 g/mol. The van der Waals surface area contributed by atoms with Crippen molar-refractivity contribution < 1.29 is 18.1 Å². The molecule has 0 spiro atoms. The Labute approximate surface area is 205 Å². The zero-order chi connectivity index (χ0) is 24.9. The highest BCUT2D eigenvalue weighted by molar-refractivity contribution is 7.86. The van der Waals surface area contributed by atoms with Gasteiger partial charge in [0.25, 0.3) is 10.1 Å². The highest BCUT2D eigenvalue weighted by atomic mass is 32.2. The first-order valence-corrected chi connectivity index (χ1v) is 12.8. The number of fused-ring (bicyclic) bond motifs is 3. The van der Waals surface area contributed by atoms with Crippen molar-refractivity contribution >= 4 is 59.5 Å². The van der Waals surface area contributed by atoms with Gasteiger partial charge in [-0.2, -0.15) is 13.5 Å². The molecule has 0 fully saturated rings. The summed E-state index contributed by atoms with van der Waals surface area (Å²) in [6.45, 7) is 3.79. The number of azo groups is 1. The van der Waals surface area contributed by atoms with Crippen LogP contribution in [0.25, 0.3) is 31.6 Å². The second-order valence-electron chi connectivity index (χ2n) is 8.19. The summed E-state index contributed by atoms with van der Waals surface area (Å²) in [5, 5.41) is 20.7. The highest BCUT2D eigenvalue weighted by Crippen LogP contribution is 2.45. The van der Waals surface area contributed by atoms with E-state index in [1.807, 2.05) is 38.1 Å². The summed E-state index contributed by atoms with van der Waals surface area (Å²) >= 11 is 1.33. The Bertz CT molecular complexity index is 1780. The first-order chi connectivity index (χ1) is 16.6. The van der Waals surface area contributed by atoms with Crippen molar-refractivity contribution in [3.63, 3.8) is 0 Å². The van der Waals surface area contributed by atoms with Gasteiger partial charge in [0.2, 0.25) is 0 Å².